The molecule has 0 atom stereocenters. The van der Waals surface area contributed by atoms with E-state index in [0.717, 1.165) is 24.0 Å². The van der Waals surface area contributed by atoms with Crippen LogP contribution in [0.5, 0.6) is 0 Å². The summed E-state index contributed by atoms with van der Waals surface area (Å²) in [5.41, 5.74) is 7.46. The van der Waals surface area contributed by atoms with Crippen molar-refractivity contribution in [2.24, 2.45) is 11.7 Å². The first-order chi connectivity index (χ1) is 9.09. The summed E-state index contributed by atoms with van der Waals surface area (Å²) < 4.78 is 0. The van der Waals surface area contributed by atoms with E-state index in [1.54, 1.807) is 6.20 Å². The molecule has 0 aromatic carbocycles. The molecule has 1 aromatic rings. The van der Waals surface area contributed by atoms with E-state index in [1.165, 1.54) is 0 Å². The normalized spacial score (nSPS) is 13.9. The van der Waals surface area contributed by atoms with Gasteiger partial charge in [-0.15, -0.1) is 0 Å². The van der Waals surface area contributed by atoms with Crippen LogP contribution in [-0.4, -0.2) is 29.0 Å². The molecule has 0 unspecified atom stereocenters. The van der Waals surface area contributed by atoms with Gasteiger partial charge < -0.3 is 16.4 Å². The SMILES string of the molecule is Cc1ccnc(NCCNC(=O)C2CC2)c1C(N)=S. The van der Waals surface area contributed by atoms with Crippen LogP contribution in [0.2, 0.25) is 0 Å². The molecule has 0 spiro atoms. The van der Waals surface area contributed by atoms with Gasteiger partial charge in [-0.3, -0.25) is 4.79 Å². The molecular weight excluding hydrogens is 260 g/mol. The number of nitrogens with zero attached hydrogens (tertiary/aromatic N) is 1. The molecule has 1 saturated carbocycles. The monoisotopic (exact) mass is 278 g/mol. The van der Waals surface area contributed by atoms with E-state index in [9.17, 15) is 4.79 Å². The Morgan fingerprint density at radius 1 is 1.53 bits per heavy atom. The zero-order chi connectivity index (χ0) is 13.8. The average Bonchev–Trinajstić information content (AvgIpc) is 3.18. The van der Waals surface area contributed by atoms with E-state index in [0.29, 0.717) is 23.9 Å². The quantitative estimate of drug-likeness (QED) is 0.533. The van der Waals surface area contributed by atoms with Gasteiger partial charge in [0, 0.05) is 25.2 Å². The molecule has 1 aliphatic rings. The maximum absolute atomic E-state index is 11.5. The zero-order valence-corrected chi connectivity index (χ0v) is 11.7. The Hall–Kier alpha value is -1.69. The number of nitrogens with two attached hydrogens (primary N) is 1. The maximum atomic E-state index is 11.5. The predicted octanol–water partition coefficient (Wildman–Crippen LogP) is 0.962. The van der Waals surface area contributed by atoms with Crippen LogP contribution in [0.1, 0.15) is 24.0 Å². The molecule has 0 aliphatic heterocycles. The summed E-state index contributed by atoms with van der Waals surface area (Å²) in [6.07, 6.45) is 3.75. The summed E-state index contributed by atoms with van der Waals surface area (Å²) in [5.74, 6) is 1.06. The van der Waals surface area contributed by atoms with E-state index in [-0.39, 0.29) is 11.8 Å². The van der Waals surface area contributed by atoms with Crippen molar-refractivity contribution < 1.29 is 4.79 Å². The van der Waals surface area contributed by atoms with E-state index in [4.69, 9.17) is 18.0 Å². The first kappa shape index (κ1) is 13.7. The van der Waals surface area contributed by atoms with Crippen molar-refractivity contribution in [1.82, 2.24) is 10.3 Å². The minimum Gasteiger partial charge on any atom is -0.389 e. The molecule has 0 bridgehead atoms. The van der Waals surface area contributed by atoms with Crippen LogP contribution in [0.25, 0.3) is 0 Å². The molecule has 2 rings (SSSR count). The van der Waals surface area contributed by atoms with Crippen molar-refractivity contribution in [3.05, 3.63) is 23.4 Å². The summed E-state index contributed by atoms with van der Waals surface area (Å²) in [5, 5.41) is 6.04. The Balaban J connectivity index is 1.86. The largest absolute Gasteiger partial charge is 0.389 e. The molecule has 1 amide bonds. The average molecular weight is 278 g/mol. The van der Waals surface area contributed by atoms with Gasteiger partial charge >= 0.3 is 0 Å². The fourth-order valence-electron chi connectivity index (χ4n) is 1.86. The fraction of sp³-hybridized carbons (Fsp3) is 0.462. The van der Waals surface area contributed by atoms with E-state index < -0.39 is 0 Å². The standard InChI is InChI=1S/C13H18N4OS/c1-8-4-5-15-12(10(8)11(14)19)16-6-7-17-13(18)9-2-3-9/h4-5,9H,2-3,6-7H2,1H3,(H2,14,19)(H,15,16)(H,17,18). The smallest absolute Gasteiger partial charge is 0.223 e. The molecule has 1 aliphatic carbocycles. The van der Waals surface area contributed by atoms with Crippen LogP contribution >= 0.6 is 12.2 Å². The van der Waals surface area contributed by atoms with Crippen molar-refractivity contribution in [3.63, 3.8) is 0 Å². The van der Waals surface area contributed by atoms with Gasteiger partial charge in [-0.05, 0) is 31.4 Å². The van der Waals surface area contributed by atoms with E-state index >= 15 is 0 Å². The number of nitrogens with one attached hydrogen (secondary N) is 2. The van der Waals surface area contributed by atoms with Crippen molar-refractivity contribution in [3.8, 4) is 0 Å². The molecule has 0 radical (unpaired) electrons. The first-order valence-electron chi connectivity index (χ1n) is 6.36. The summed E-state index contributed by atoms with van der Waals surface area (Å²) in [7, 11) is 0. The van der Waals surface area contributed by atoms with Crippen molar-refractivity contribution in [1.29, 1.82) is 0 Å². The number of amides is 1. The highest BCUT2D eigenvalue weighted by atomic mass is 32.1. The lowest BCUT2D eigenvalue weighted by Gasteiger charge is -2.12. The maximum Gasteiger partial charge on any atom is 0.223 e. The Labute approximate surface area is 118 Å². The molecule has 1 fully saturated rings. The molecule has 1 heterocycles. The van der Waals surface area contributed by atoms with Gasteiger partial charge in [-0.2, -0.15) is 0 Å². The van der Waals surface area contributed by atoms with Gasteiger partial charge in [0.2, 0.25) is 5.91 Å². The zero-order valence-electron chi connectivity index (χ0n) is 10.9. The molecule has 1 aromatic heterocycles. The van der Waals surface area contributed by atoms with Crippen LogP contribution in [0.3, 0.4) is 0 Å². The lowest BCUT2D eigenvalue weighted by Crippen LogP contribution is -2.30. The van der Waals surface area contributed by atoms with Crippen LogP contribution in [0.15, 0.2) is 12.3 Å². The van der Waals surface area contributed by atoms with Gasteiger partial charge in [0.25, 0.3) is 0 Å². The second-order valence-corrected chi connectivity index (χ2v) is 5.15. The van der Waals surface area contributed by atoms with Crippen LogP contribution in [0.4, 0.5) is 5.82 Å². The number of thiocarbonyl (C=S) groups is 1. The Kier molecular flexibility index (Phi) is 4.31. The van der Waals surface area contributed by atoms with Gasteiger partial charge in [0.1, 0.15) is 10.8 Å². The van der Waals surface area contributed by atoms with Gasteiger partial charge in [-0.1, -0.05) is 12.2 Å². The van der Waals surface area contributed by atoms with Crippen LogP contribution < -0.4 is 16.4 Å². The summed E-state index contributed by atoms with van der Waals surface area (Å²) in [4.78, 5) is 16.0. The molecule has 19 heavy (non-hydrogen) atoms. The molecule has 6 heteroatoms. The highest BCUT2D eigenvalue weighted by Crippen LogP contribution is 2.28. The number of aryl methyl sites for hydroxylation is 1. The topological polar surface area (TPSA) is 80.0 Å². The van der Waals surface area contributed by atoms with Crippen molar-refractivity contribution >= 4 is 28.9 Å². The second kappa shape index (κ2) is 5.97. The summed E-state index contributed by atoms with van der Waals surface area (Å²) in [6, 6.07) is 1.87. The molecule has 102 valence electrons. The molecule has 0 saturated heterocycles. The Morgan fingerprint density at radius 3 is 2.89 bits per heavy atom. The minimum atomic E-state index is 0.147. The number of anilines is 1. The van der Waals surface area contributed by atoms with Gasteiger partial charge in [0.15, 0.2) is 0 Å². The Morgan fingerprint density at radius 2 is 2.26 bits per heavy atom. The fourth-order valence-corrected chi connectivity index (χ4v) is 2.12. The van der Waals surface area contributed by atoms with Crippen LogP contribution in [-0.2, 0) is 4.79 Å². The van der Waals surface area contributed by atoms with Crippen LogP contribution in [0, 0.1) is 12.8 Å². The third-order valence-corrected chi connectivity index (χ3v) is 3.27. The number of carbonyl (C=O) groups excluding carboxylic acids is 1. The highest BCUT2D eigenvalue weighted by molar-refractivity contribution is 7.80. The van der Waals surface area contributed by atoms with Gasteiger partial charge in [-0.25, -0.2) is 4.98 Å². The third kappa shape index (κ3) is 3.64. The number of hydrogen-bond acceptors (Lipinski definition) is 4. The van der Waals surface area contributed by atoms with E-state index in [1.807, 2.05) is 13.0 Å². The van der Waals surface area contributed by atoms with Crippen molar-refractivity contribution in [2.45, 2.75) is 19.8 Å². The first-order valence-corrected chi connectivity index (χ1v) is 6.77. The number of carbonyl (C=O) groups is 1. The second-order valence-electron chi connectivity index (χ2n) is 4.71. The lowest BCUT2D eigenvalue weighted by atomic mass is 10.1. The number of rotatable bonds is 6. The lowest BCUT2D eigenvalue weighted by molar-refractivity contribution is -0.122. The predicted molar refractivity (Wildman–Crippen MR) is 79.1 cm³/mol. The number of aromatic nitrogens is 1. The number of pyridine rings is 1. The third-order valence-electron chi connectivity index (χ3n) is 3.07. The Bertz CT molecular complexity index is 499. The molecule has 5 nitrogen and oxygen atoms in total. The molecular formula is C13H18N4OS. The highest BCUT2D eigenvalue weighted by Gasteiger charge is 2.28. The minimum absolute atomic E-state index is 0.147. The molecule has 4 N–H and O–H groups in total. The summed E-state index contributed by atoms with van der Waals surface area (Å²) >= 11 is 5.03. The van der Waals surface area contributed by atoms with Gasteiger partial charge in [0.05, 0.1) is 5.56 Å². The number of hydrogen-bond donors (Lipinski definition) is 3. The van der Waals surface area contributed by atoms with E-state index in [2.05, 4.69) is 15.6 Å². The van der Waals surface area contributed by atoms with Crippen molar-refractivity contribution in [2.75, 3.05) is 18.4 Å². The summed E-state index contributed by atoms with van der Waals surface area (Å²) in [6.45, 7) is 3.11.